The van der Waals surface area contributed by atoms with Gasteiger partial charge >= 0.3 is 5.97 Å². The van der Waals surface area contributed by atoms with Gasteiger partial charge in [-0.15, -0.1) is 11.3 Å². The van der Waals surface area contributed by atoms with Crippen molar-refractivity contribution < 1.29 is 27.9 Å². The second kappa shape index (κ2) is 11.5. The summed E-state index contributed by atoms with van der Waals surface area (Å²) in [5.41, 5.74) is 1.08. The minimum absolute atomic E-state index is 0.0458. The van der Waals surface area contributed by atoms with Crippen LogP contribution in [0.5, 0.6) is 0 Å². The van der Waals surface area contributed by atoms with Gasteiger partial charge in [0.05, 0.1) is 15.6 Å². The van der Waals surface area contributed by atoms with Crippen LogP contribution in [0, 0.1) is 5.92 Å². The quantitative estimate of drug-likeness (QED) is 0.326. The summed E-state index contributed by atoms with van der Waals surface area (Å²) in [4.78, 5) is 41.9. The number of carboxylic acids is 1. The molecule has 1 aliphatic carbocycles. The number of nitrogens with zero attached hydrogens (tertiary/aromatic N) is 2. The van der Waals surface area contributed by atoms with Crippen molar-refractivity contribution in [3.05, 3.63) is 75.3 Å². The number of thiophene rings is 1. The minimum atomic E-state index is -3.89. The van der Waals surface area contributed by atoms with Crippen molar-refractivity contribution in [2.45, 2.75) is 48.0 Å². The van der Waals surface area contributed by atoms with Crippen LogP contribution in [0.4, 0.5) is 5.69 Å². The van der Waals surface area contributed by atoms with Crippen LogP contribution in [-0.2, 0) is 26.0 Å². The fourth-order valence-corrected chi connectivity index (χ4v) is 8.88. The molecule has 4 unspecified atom stereocenters. The van der Waals surface area contributed by atoms with Crippen molar-refractivity contribution in [2.24, 2.45) is 5.92 Å². The number of anilines is 1. The Bertz CT molecular complexity index is 1530. The Morgan fingerprint density at radius 1 is 1.10 bits per heavy atom. The molecule has 14 heteroatoms. The summed E-state index contributed by atoms with van der Waals surface area (Å²) in [5.74, 6) is -2.56. The van der Waals surface area contributed by atoms with Gasteiger partial charge in [0.1, 0.15) is 16.3 Å². The largest absolute Gasteiger partial charge is 0.480 e. The molecule has 1 saturated heterocycles. The van der Waals surface area contributed by atoms with E-state index in [0.29, 0.717) is 30.5 Å². The van der Waals surface area contributed by atoms with Gasteiger partial charge in [-0.1, -0.05) is 41.4 Å². The third-order valence-electron chi connectivity index (χ3n) is 7.17. The highest BCUT2D eigenvalue weighted by molar-refractivity contribution is 7.91. The third kappa shape index (κ3) is 5.59. The standard InChI is InChI=1S/C26H24Cl2N4O6S2/c27-18-12-29-13-19(28)22(18)24(33)30-16-6-3-14(4-7-16)10-20(26(35)36)31-25(34)23-15-5-8-17(11-15)32(23)40(37,38)21-2-1-9-39-21/h1-4,6-7,9,12-13,15,17,20,23H,5,8,10-11H2,(H,30,33)(H,31,34)(H,35,36). The molecular weight excluding hydrogens is 599 g/mol. The SMILES string of the molecule is O=C(Nc1ccc(CC(NC(=O)C2C3CCC(C3)N2S(=O)(=O)c2cccs2)C(=O)O)cc1)c1c(Cl)cncc1Cl. The van der Waals surface area contributed by atoms with E-state index in [1.807, 2.05) is 0 Å². The molecule has 2 bridgehead atoms. The molecule has 3 aromatic rings. The number of hydrogen-bond acceptors (Lipinski definition) is 7. The maximum atomic E-state index is 13.4. The van der Waals surface area contributed by atoms with Crippen molar-refractivity contribution in [3.8, 4) is 0 Å². The first-order chi connectivity index (χ1) is 19.1. The van der Waals surface area contributed by atoms with Gasteiger partial charge in [0.15, 0.2) is 0 Å². The number of carbonyl (C=O) groups excluding carboxylic acids is 2. The normalized spacial score (nSPS) is 21.2. The van der Waals surface area contributed by atoms with Crippen LogP contribution in [0.15, 0.2) is 58.4 Å². The summed E-state index contributed by atoms with van der Waals surface area (Å²) in [6.45, 7) is 0. The first-order valence-electron chi connectivity index (χ1n) is 12.4. The van der Waals surface area contributed by atoms with E-state index in [0.717, 1.165) is 11.3 Å². The second-order valence-corrected chi connectivity index (χ2v) is 13.5. The lowest BCUT2D eigenvalue weighted by Gasteiger charge is -2.33. The molecule has 210 valence electrons. The Morgan fingerprint density at radius 3 is 2.42 bits per heavy atom. The van der Waals surface area contributed by atoms with E-state index in [1.165, 1.54) is 22.8 Å². The van der Waals surface area contributed by atoms with Gasteiger partial charge in [0.2, 0.25) is 5.91 Å². The Morgan fingerprint density at radius 2 is 1.80 bits per heavy atom. The Kier molecular flexibility index (Phi) is 8.16. The number of carboxylic acid groups (broad SMARTS) is 1. The number of halogens is 2. The molecule has 10 nitrogen and oxygen atoms in total. The van der Waals surface area contributed by atoms with E-state index in [-0.39, 0.29) is 38.2 Å². The summed E-state index contributed by atoms with van der Waals surface area (Å²) in [6, 6.07) is 7.04. The van der Waals surface area contributed by atoms with E-state index < -0.39 is 39.9 Å². The van der Waals surface area contributed by atoms with Gasteiger partial charge in [0, 0.05) is 30.5 Å². The highest BCUT2D eigenvalue weighted by Crippen LogP contribution is 2.45. The lowest BCUT2D eigenvalue weighted by molar-refractivity contribution is -0.142. The zero-order valence-corrected chi connectivity index (χ0v) is 23.9. The lowest BCUT2D eigenvalue weighted by Crippen LogP contribution is -2.55. The number of amides is 2. The van der Waals surface area contributed by atoms with E-state index in [2.05, 4.69) is 15.6 Å². The van der Waals surface area contributed by atoms with Crippen LogP contribution in [0.25, 0.3) is 0 Å². The van der Waals surface area contributed by atoms with E-state index in [1.54, 1.807) is 35.7 Å². The molecule has 2 fully saturated rings. The van der Waals surface area contributed by atoms with Crippen molar-refractivity contribution >= 4 is 68.0 Å². The van der Waals surface area contributed by atoms with Crippen LogP contribution in [-0.4, -0.2) is 58.7 Å². The van der Waals surface area contributed by atoms with Crippen molar-refractivity contribution in [2.75, 3.05) is 5.32 Å². The number of carbonyl (C=O) groups is 3. The minimum Gasteiger partial charge on any atom is -0.480 e. The fourth-order valence-electron chi connectivity index (χ4n) is 5.37. The van der Waals surface area contributed by atoms with Crippen LogP contribution < -0.4 is 10.6 Å². The first-order valence-corrected chi connectivity index (χ1v) is 15.4. The van der Waals surface area contributed by atoms with Crippen LogP contribution in [0.2, 0.25) is 10.0 Å². The molecule has 3 heterocycles. The molecule has 2 aromatic heterocycles. The van der Waals surface area contributed by atoms with Gasteiger partial charge in [-0.05, 0) is 54.3 Å². The highest BCUT2D eigenvalue weighted by atomic mass is 35.5. The van der Waals surface area contributed by atoms with Gasteiger partial charge in [0.25, 0.3) is 15.9 Å². The number of aromatic nitrogens is 1. The molecule has 4 atom stereocenters. The number of piperidine rings is 1. The zero-order chi connectivity index (χ0) is 28.6. The first kappa shape index (κ1) is 28.5. The number of hydrogen-bond donors (Lipinski definition) is 3. The number of sulfonamides is 1. The maximum Gasteiger partial charge on any atom is 0.326 e. The molecule has 0 radical (unpaired) electrons. The summed E-state index contributed by atoms with van der Waals surface area (Å²) in [7, 11) is -3.89. The molecule has 2 aliphatic rings. The highest BCUT2D eigenvalue weighted by Gasteiger charge is 2.55. The van der Waals surface area contributed by atoms with Crippen molar-refractivity contribution in [1.29, 1.82) is 0 Å². The predicted octanol–water partition coefficient (Wildman–Crippen LogP) is 4.06. The topological polar surface area (TPSA) is 146 Å². The van der Waals surface area contributed by atoms with Gasteiger partial charge in [-0.3, -0.25) is 14.6 Å². The summed E-state index contributed by atoms with van der Waals surface area (Å²) < 4.78 is 28.1. The van der Waals surface area contributed by atoms with E-state index >= 15 is 0 Å². The average Bonchev–Trinajstić information content (AvgIpc) is 3.67. The van der Waals surface area contributed by atoms with Gasteiger partial charge < -0.3 is 15.7 Å². The number of aliphatic carboxylic acids is 1. The number of fused-ring (bicyclic) bond motifs is 2. The lowest BCUT2D eigenvalue weighted by atomic mass is 9.98. The average molecular weight is 624 g/mol. The second-order valence-electron chi connectivity index (χ2n) is 9.67. The molecule has 1 aliphatic heterocycles. The predicted molar refractivity (Wildman–Crippen MR) is 150 cm³/mol. The molecule has 3 N–H and O–H groups in total. The van der Waals surface area contributed by atoms with E-state index in [4.69, 9.17) is 23.2 Å². The molecule has 0 spiro atoms. The van der Waals surface area contributed by atoms with Gasteiger partial charge in [-0.2, -0.15) is 4.31 Å². The van der Waals surface area contributed by atoms with Crippen LogP contribution in [0.3, 0.4) is 0 Å². The molecule has 5 rings (SSSR count). The number of benzene rings is 1. The molecule has 1 aromatic carbocycles. The molecule has 2 amide bonds. The smallest absolute Gasteiger partial charge is 0.326 e. The Hall–Kier alpha value is -3.03. The fraction of sp³-hybridized carbons (Fsp3) is 0.308. The Labute approximate surface area is 244 Å². The summed E-state index contributed by atoms with van der Waals surface area (Å²) >= 11 is 13.2. The van der Waals surface area contributed by atoms with Crippen LogP contribution in [0.1, 0.15) is 35.2 Å². The maximum absolute atomic E-state index is 13.4. The summed E-state index contributed by atoms with van der Waals surface area (Å²) in [5, 5.41) is 17.0. The molecule has 40 heavy (non-hydrogen) atoms. The number of rotatable bonds is 9. The van der Waals surface area contributed by atoms with Crippen molar-refractivity contribution in [1.82, 2.24) is 14.6 Å². The number of pyridine rings is 1. The van der Waals surface area contributed by atoms with E-state index in [9.17, 15) is 27.9 Å². The Balaban J connectivity index is 1.27. The van der Waals surface area contributed by atoms with Crippen LogP contribution >= 0.6 is 34.5 Å². The monoisotopic (exact) mass is 622 g/mol. The molecule has 1 saturated carbocycles. The summed E-state index contributed by atoms with van der Waals surface area (Å²) in [6.07, 6.45) is 4.52. The van der Waals surface area contributed by atoms with Gasteiger partial charge in [-0.25, -0.2) is 13.2 Å². The number of nitrogens with one attached hydrogen (secondary N) is 2. The third-order valence-corrected chi connectivity index (χ3v) is 11.0. The molecular formula is C26H24Cl2N4O6S2. The zero-order valence-electron chi connectivity index (χ0n) is 20.8. The van der Waals surface area contributed by atoms with Crippen molar-refractivity contribution in [3.63, 3.8) is 0 Å².